The van der Waals surface area contributed by atoms with Gasteiger partial charge in [-0.15, -0.1) is 0 Å². The van der Waals surface area contributed by atoms with Crippen LogP contribution in [-0.2, 0) is 0 Å². The third-order valence-electron chi connectivity index (χ3n) is 6.02. The van der Waals surface area contributed by atoms with Crippen LogP contribution in [0.1, 0.15) is 24.1 Å². The van der Waals surface area contributed by atoms with Crippen LogP contribution in [0, 0.1) is 6.92 Å². The predicted molar refractivity (Wildman–Crippen MR) is 139 cm³/mol. The molecule has 0 aliphatic rings. The molecule has 0 saturated heterocycles. The maximum atomic E-state index is 13.1. The zero-order chi connectivity index (χ0) is 24.4. The van der Waals surface area contributed by atoms with E-state index in [1.165, 1.54) is 4.57 Å². The number of halogens is 1. The van der Waals surface area contributed by atoms with Gasteiger partial charge in [0.15, 0.2) is 0 Å². The van der Waals surface area contributed by atoms with Crippen LogP contribution in [-0.4, -0.2) is 20.4 Å². The predicted octanol–water partition coefficient (Wildman–Crippen LogP) is 7.64. The Kier molecular flexibility index (Phi) is 6.25. The molecule has 3 aromatic carbocycles. The van der Waals surface area contributed by atoms with Gasteiger partial charge in [-0.05, 0) is 48.7 Å². The van der Waals surface area contributed by atoms with Gasteiger partial charge in [0, 0.05) is 23.0 Å². The number of hydrogen-bond acceptors (Lipinski definition) is 3. The summed E-state index contributed by atoms with van der Waals surface area (Å²) in [5.74, 6) is 0.373. The Labute approximate surface area is 209 Å². The van der Waals surface area contributed by atoms with Crippen molar-refractivity contribution in [2.75, 3.05) is 0 Å². The molecule has 0 fully saturated rings. The molecule has 6 heteroatoms. The van der Waals surface area contributed by atoms with Gasteiger partial charge >= 0.3 is 6.09 Å². The van der Waals surface area contributed by atoms with Crippen molar-refractivity contribution in [1.29, 1.82) is 0 Å². The Morgan fingerprint density at radius 1 is 0.886 bits per heavy atom. The number of carbonyl (C=O) groups is 1. The molecule has 35 heavy (non-hydrogen) atoms. The maximum Gasteiger partial charge on any atom is 0.424 e. The minimum atomic E-state index is -0.512. The van der Waals surface area contributed by atoms with Crippen LogP contribution in [0.15, 0.2) is 103 Å². The number of rotatable bonds is 5. The van der Waals surface area contributed by atoms with Crippen molar-refractivity contribution in [3.8, 4) is 28.3 Å². The molecule has 0 saturated carbocycles. The summed E-state index contributed by atoms with van der Waals surface area (Å²) < 4.78 is 9.24. The highest BCUT2D eigenvalue weighted by atomic mass is 35.5. The van der Waals surface area contributed by atoms with E-state index in [1.807, 2.05) is 92.7 Å². The molecule has 0 aliphatic heterocycles. The number of ether oxygens (including phenoxy) is 1. The Morgan fingerprint density at radius 2 is 1.51 bits per heavy atom. The highest BCUT2D eigenvalue weighted by Crippen LogP contribution is 2.42. The van der Waals surface area contributed by atoms with Gasteiger partial charge in [-0.25, -0.2) is 9.48 Å². The van der Waals surface area contributed by atoms with E-state index in [1.54, 1.807) is 29.2 Å². The van der Waals surface area contributed by atoms with Crippen molar-refractivity contribution in [2.45, 2.75) is 19.9 Å². The second kappa shape index (κ2) is 9.65. The van der Waals surface area contributed by atoms with Crippen molar-refractivity contribution in [3.05, 3.63) is 120 Å². The molecule has 5 aromatic rings. The Balaban J connectivity index is 1.74. The van der Waals surface area contributed by atoms with Crippen molar-refractivity contribution < 1.29 is 9.53 Å². The molecule has 5 rings (SSSR count). The molecular weight excluding hydrogens is 458 g/mol. The van der Waals surface area contributed by atoms with E-state index in [0.717, 1.165) is 33.5 Å². The standard InChI is InChI=1S/C29H24ClN3O2/c1-20-15-16-24(19-25(20)30)21(2)33-28(35-29(34)32-17-9-10-18-32)26(22-11-5-3-6-12-22)27(31-33)23-13-7-4-8-14-23/h3-19,21H,1-2H3. The summed E-state index contributed by atoms with van der Waals surface area (Å²) in [6, 6.07) is 29.0. The average molecular weight is 482 g/mol. The molecule has 2 aromatic heterocycles. The lowest BCUT2D eigenvalue weighted by atomic mass is 10.0. The first-order valence-electron chi connectivity index (χ1n) is 11.4. The summed E-state index contributed by atoms with van der Waals surface area (Å²) in [5.41, 5.74) is 5.27. The lowest BCUT2D eigenvalue weighted by Gasteiger charge is -2.17. The molecule has 0 spiro atoms. The van der Waals surface area contributed by atoms with E-state index >= 15 is 0 Å². The third-order valence-corrected chi connectivity index (χ3v) is 6.43. The zero-order valence-electron chi connectivity index (χ0n) is 19.4. The zero-order valence-corrected chi connectivity index (χ0v) is 20.2. The minimum Gasteiger partial charge on any atom is -0.390 e. The van der Waals surface area contributed by atoms with E-state index in [-0.39, 0.29) is 6.04 Å². The van der Waals surface area contributed by atoms with Gasteiger partial charge < -0.3 is 4.74 Å². The van der Waals surface area contributed by atoms with Gasteiger partial charge in [0.2, 0.25) is 5.88 Å². The monoisotopic (exact) mass is 481 g/mol. The molecule has 1 atom stereocenters. The van der Waals surface area contributed by atoms with Crippen molar-refractivity contribution >= 4 is 17.7 Å². The largest absolute Gasteiger partial charge is 0.424 e. The van der Waals surface area contributed by atoms with Gasteiger partial charge in [-0.3, -0.25) is 4.57 Å². The Morgan fingerprint density at radius 3 is 2.14 bits per heavy atom. The molecule has 0 bridgehead atoms. The van der Waals surface area contributed by atoms with Crippen LogP contribution in [0.2, 0.25) is 5.02 Å². The molecule has 0 amide bonds. The number of hydrogen-bond donors (Lipinski definition) is 0. The minimum absolute atomic E-state index is 0.250. The first-order valence-corrected chi connectivity index (χ1v) is 11.8. The number of aromatic nitrogens is 3. The summed E-state index contributed by atoms with van der Waals surface area (Å²) in [5, 5.41) is 5.69. The summed E-state index contributed by atoms with van der Waals surface area (Å²) in [6.07, 6.45) is 2.81. The lowest BCUT2D eigenvalue weighted by Crippen LogP contribution is -2.19. The summed E-state index contributed by atoms with van der Waals surface area (Å²) >= 11 is 6.45. The van der Waals surface area contributed by atoms with Crippen molar-refractivity contribution in [3.63, 3.8) is 0 Å². The van der Waals surface area contributed by atoms with E-state index in [0.29, 0.717) is 10.9 Å². The fourth-order valence-electron chi connectivity index (χ4n) is 4.04. The van der Waals surface area contributed by atoms with E-state index < -0.39 is 6.09 Å². The van der Waals surface area contributed by atoms with Gasteiger partial charge in [-0.1, -0.05) is 84.4 Å². The molecule has 0 N–H and O–H groups in total. The van der Waals surface area contributed by atoms with Crippen LogP contribution in [0.4, 0.5) is 4.79 Å². The van der Waals surface area contributed by atoms with Crippen LogP contribution < -0.4 is 4.74 Å². The van der Waals surface area contributed by atoms with Crippen molar-refractivity contribution in [2.24, 2.45) is 0 Å². The normalized spacial score (nSPS) is 11.9. The fourth-order valence-corrected chi connectivity index (χ4v) is 4.23. The van der Waals surface area contributed by atoms with Gasteiger partial charge in [0.05, 0.1) is 11.6 Å². The third kappa shape index (κ3) is 4.51. The number of aryl methyl sites for hydroxylation is 1. The van der Waals surface area contributed by atoms with Crippen LogP contribution >= 0.6 is 11.6 Å². The SMILES string of the molecule is Cc1ccc(C(C)n2nc(-c3ccccc3)c(-c3ccccc3)c2OC(=O)n2cccc2)cc1Cl. The van der Waals surface area contributed by atoms with E-state index in [2.05, 4.69) is 0 Å². The quantitative estimate of drug-likeness (QED) is 0.259. The number of nitrogens with zero attached hydrogens (tertiary/aromatic N) is 3. The summed E-state index contributed by atoms with van der Waals surface area (Å²) in [6.45, 7) is 3.99. The van der Waals surface area contributed by atoms with Gasteiger partial charge in [-0.2, -0.15) is 5.10 Å². The molecule has 174 valence electrons. The lowest BCUT2D eigenvalue weighted by molar-refractivity contribution is 0.197. The Hall–Kier alpha value is -4.09. The summed E-state index contributed by atoms with van der Waals surface area (Å²) in [4.78, 5) is 13.1. The van der Waals surface area contributed by atoms with Gasteiger partial charge in [0.1, 0.15) is 5.69 Å². The van der Waals surface area contributed by atoms with Gasteiger partial charge in [0.25, 0.3) is 0 Å². The highest BCUT2D eigenvalue weighted by Gasteiger charge is 2.27. The van der Waals surface area contributed by atoms with Crippen LogP contribution in [0.25, 0.3) is 22.4 Å². The van der Waals surface area contributed by atoms with Crippen molar-refractivity contribution in [1.82, 2.24) is 14.3 Å². The van der Waals surface area contributed by atoms with Crippen LogP contribution in [0.3, 0.4) is 0 Å². The Bertz CT molecular complexity index is 1460. The van der Waals surface area contributed by atoms with E-state index in [4.69, 9.17) is 21.4 Å². The molecule has 2 heterocycles. The molecular formula is C29H24ClN3O2. The summed E-state index contributed by atoms with van der Waals surface area (Å²) in [7, 11) is 0. The molecule has 5 nitrogen and oxygen atoms in total. The molecule has 0 aliphatic carbocycles. The maximum absolute atomic E-state index is 13.1. The first-order chi connectivity index (χ1) is 17.0. The van der Waals surface area contributed by atoms with Crippen LogP contribution in [0.5, 0.6) is 5.88 Å². The topological polar surface area (TPSA) is 49.1 Å². The molecule has 0 radical (unpaired) electrons. The number of carbonyl (C=O) groups excluding carboxylic acids is 1. The first kappa shape index (κ1) is 22.7. The number of benzene rings is 3. The highest BCUT2D eigenvalue weighted by molar-refractivity contribution is 6.31. The van der Waals surface area contributed by atoms with E-state index in [9.17, 15) is 4.79 Å². The second-order valence-corrected chi connectivity index (χ2v) is 8.76. The fraction of sp³-hybridized carbons (Fsp3) is 0.103. The second-order valence-electron chi connectivity index (χ2n) is 8.35. The smallest absolute Gasteiger partial charge is 0.390 e. The molecule has 1 unspecified atom stereocenters. The average Bonchev–Trinajstić information content (AvgIpc) is 3.55.